The second-order valence-electron chi connectivity index (χ2n) is 8.34. The Morgan fingerprint density at radius 3 is 2.69 bits per heavy atom. The van der Waals surface area contributed by atoms with Crippen molar-refractivity contribution >= 4 is 11.4 Å². The van der Waals surface area contributed by atoms with E-state index in [4.69, 9.17) is 0 Å². The number of pyridine rings is 1. The van der Waals surface area contributed by atoms with Gasteiger partial charge in [-0.3, -0.25) is 9.48 Å². The average molecular weight is 437 g/mol. The summed E-state index contributed by atoms with van der Waals surface area (Å²) in [5, 5.41) is 8.91. The van der Waals surface area contributed by atoms with Crippen molar-refractivity contribution in [2.75, 3.05) is 0 Å². The molecular weight excluding hydrogens is 419 g/mol. The van der Waals surface area contributed by atoms with E-state index < -0.39 is 17.5 Å². The lowest BCUT2D eigenvalue weighted by Gasteiger charge is -2.34. The van der Waals surface area contributed by atoms with E-state index in [2.05, 4.69) is 10.2 Å². The van der Waals surface area contributed by atoms with Crippen LogP contribution in [0.5, 0.6) is 0 Å². The van der Waals surface area contributed by atoms with Crippen molar-refractivity contribution < 1.29 is 18.0 Å². The van der Waals surface area contributed by atoms with Crippen LogP contribution < -0.4 is 0 Å². The molecule has 0 aliphatic carbocycles. The van der Waals surface area contributed by atoms with Gasteiger partial charge in [-0.05, 0) is 43.5 Å². The molecule has 6 nitrogen and oxygen atoms in total. The maximum atomic E-state index is 13.9. The molecule has 0 spiro atoms. The van der Waals surface area contributed by atoms with E-state index in [1.807, 2.05) is 23.1 Å². The quantitative estimate of drug-likeness (QED) is 0.445. The Morgan fingerprint density at radius 2 is 1.91 bits per heavy atom. The molecule has 1 aromatic carbocycles. The van der Waals surface area contributed by atoms with Crippen LogP contribution in [-0.4, -0.2) is 36.2 Å². The van der Waals surface area contributed by atoms with Crippen molar-refractivity contribution in [3.05, 3.63) is 77.0 Å². The molecule has 0 radical (unpaired) electrons. The molecule has 1 amide bonds. The molecule has 32 heavy (non-hydrogen) atoms. The number of nitrogens with zero attached hydrogens (tertiary/aromatic N) is 5. The molecule has 0 saturated carbocycles. The predicted octanol–water partition coefficient (Wildman–Crippen LogP) is 4.05. The molecule has 2 aliphatic rings. The summed E-state index contributed by atoms with van der Waals surface area (Å²) in [5.41, 5.74) is 3.64. The first kappa shape index (κ1) is 19.1. The van der Waals surface area contributed by atoms with Crippen LogP contribution in [0.2, 0.25) is 0 Å². The Morgan fingerprint density at radius 1 is 1.12 bits per heavy atom. The van der Waals surface area contributed by atoms with Gasteiger partial charge in [-0.1, -0.05) is 6.07 Å². The van der Waals surface area contributed by atoms with Gasteiger partial charge in [0.05, 0.1) is 34.7 Å². The summed E-state index contributed by atoms with van der Waals surface area (Å²) < 4.78 is 44.5. The zero-order valence-electron chi connectivity index (χ0n) is 17.1. The van der Waals surface area contributed by atoms with Crippen molar-refractivity contribution in [1.29, 1.82) is 0 Å². The Labute approximate surface area is 180 Å². The van der Waals surface area contributed by atoms with E-state index in [9.17, 15) is 18.0 Å². The van der Waals surface area contributed by atoms with Crippen LogP contribution in [0.1, 0.15) is 40.5 Å². The smallest absolute Gasteiger partial charge is 0.258 e. The fourth-order valence-corrected chi connectivity index (χ4v) is 5.24. The van der Waals surface area contributed by atoms with Crippen molar-refractivity contribution in [2.45, 2.75) is 31.3 Å². The molecule has 4 aromatic rings. The number of amides is 1. The van der Waals surface area contributed by atoms with Crippen molar-refractivity contribution in [3.63, 3.8) is 0 Å². The molecule has 0 N–H and O–H groups in total. The van der Waals surface area contributed by atoms with Crippen LogP contribution in [-0.2, 0) is 13.5 Å². The third-order valence-electron chi connectivity index (χ3n) is 6.58. The second kappa shape index (κ2) is 6.69. The van der Waals surface area contributed by atoms with Gasteiger partial charge in [0, 0.05) is 30.4 Å². The molecule has 1 fully saturated rings. The van der Waals surface area contributed by atoms with Gasteiger partial charge in [-0.25, -0.2) is 17.7 Å². The van der Waals surface area contributed by atoms with Gasteiger partial charge in [0.2, 0.25) is 0 Å². The molecule has 5 heterocycles. The summed E-state index contributed by atoms with van der Waals surface area (Å²) in [5.74, 6) is -4.07. The standard InChI is InChI=1S/C23H18F3N5O/c1-29-22(12-8-16(24)20(26)17(25)9-12)14-10-13-5-6-19(21(14)28-29)31(13)23(32)15-11-27-30-7-3-2-4-18(15)30/h2-4,7-9,11,13,19H,5-6,10H2,1H3/t13-,19+/m0/s1. The van der Waals surface area contributed by atoms with E-state index in [0.717, 1.165) is 41.7 Å². The van der Waals surface area contributed by atoms with Crippen molar-refractivity contribution in [1.82, 2.24) is 24.3 Å². The molecule has 6 rings (SSSR count). The predicted molar refractivity (Wildman–Crippen MR) is 109 cm³/mol. The first-order valence-electron chi connectivity index (χ1n) is 10.4. The number of fused-ring (bicyclic) bond motifs is 5. The number of halogens is 3. The second-order valence-corrected chi connectivity index (χ2v) is 8.34. The van der Waals surface area contributed by atoms with Crippen LogP contribution in [0.4, 0.5) is 13.2 Å². The van der Waals surface area contributed by atoms with E-state index in [0.29, 0.717) is 17.7 Å². The van der Waals surface area contributed by atoms with E-state index in [1.165, 1.54) is 0 Å². The number of benzene rings is 1. The maximum Gasteiger partial charge on any atom is 0.258 e. The molecule has 3 aromatic heterocycles. The first-order valence-corrected chi connectivity index (χ1v) is 10.4. The van der Waals surface area contributed by atoms with Gasteiger partial charge in [-0.2, -0.15) is 10.2 Å². The van der Waals surface area contributed by atoms with Gasteiger partial charge < -0.3 is 4.90 Å². The highest BCUT2D eigenvalue weighted by atomic mass is 19.2. The normalized spacial score (nSPS) is 19.6. The number of carbonyl (C=O) groups excluding carboxylic acids is 1. The van der Waals surface area contributed by atoms with Gasteiger partial charge >= 0.3 is 0 Å². The number of aryl methyl sites for hydroxylation is 1. The lowest BCUT2D eigenvalue weighted by atomic mass is 9.94. The molecule has 2 atom stereocenters. The summed E-state index contributed by atoms with van der Waals surface area (Å²) in [6, 6.07) is 7.27. The molecule has 2 aliphatic heterocycles. The lowest BCUT2D eigenvalue weighted by molar-refractivity contribution is 0.0644. The summed E-state index contributed by atoms with van der Waals surface area (Å²) >= 11 is 0. The SMILES string of the molecule is Cn1nc2c(c1-c1cc(F)c(F)c(F)c1)C[C@@H]1CC[C@H]2N1C(=O)c1cnn2ccccc12. The van der Waals surface area contributed by atoms with Gasteiger partial charge in [-0.15, -0.1) is 0 Å². The monoisotopic (exact) mass is 437 g/mol. The molecular formula is C23H18F3N5O. The van der Waals surface area contributed by atoms with Crippen molar-refractivity contribution in [2.24, 2.45) is 7.05 Å². The minimum atomic E-state index is -1.49. The maximum absolute atomic E-state index is 13.9. The van der Waals surface area contributed by atoms with E-state index in [1.54, 1.807) is 28.6 Å². The van der Waals surface area contributed by atoms with Crippen molar-refractivity contribution in [3.8, 4) is 11.3 Å². The van der Waals surface area contributed by atoms with E-state index in [-0.39, 0.29) is 23.6 Å². The summed E-state index contributed by atoms with van der Waals surface area (Å²) in [7, 11) is 1.69. The number of hydrogen-bond donors (Lipinski definition) is 0. The highest BCUT2D eigenvalue weighted by molar-refractivity contribution is 6.01. The fourth-order valence-electron chi connectivity index (χ4n) is 5.24. The molecule has 2 bridgehead atoms. The summed E-state index contributed by atoms with van der Waals surface area (Å²) in [6.45, 7) is 0. The zero-order chi connectivity index (χ0) is 22.1. The lowest BCUT2D eigenvalue weighted by Crippen LogP contribution is -2.41. The average Bonchev–Trinajstić information content (AvgIpc) is 3.44. The third kappa shape index (κ3) is 2.57. The van der Waals surface area contributed by atoms with Gasteiger partial charge in [0.15, 0.2) is 17.5 Å². The minimum Gasteiger partial charge on any atom is -0.327 e. The third-order valence-corrected chi connectivity index (χ3v) is 6.58. The molecule has 9 heteroatoms. The number of carbonyl (C=O) groups is 1. The first-order chi connectivity index (χ1) is 15.4. The Kier molecular flexibility index (Phi) is 3.99. The fraction of sp³-hybridized carbons (Fsp3) is 0.261. The highest BCUT2D eigenvalue weighted by Crippen LogP contribution is 2.47. The largest absolute Gasteiger partial charge is 0.327 e. The topological polar surface area (TPSA) is 55.4 Å². The van der Waals surface area contributed by atoms with Gasteiger partial charge in [0.25, 0.3) is 5.91 Å². The number of rotatable bonds is 2. The molecule has 0 unspecified atom stereocenters. The highest BCUT2D eigenvalue weighted by Gasteiger charge is 2.46. The number of hydrogen-bond acceptors (Lipinski definition) is 3. The van der Waals surface area contributed by atoms with Crippen LogP contribution in [0.3, 0.4) is 0 Å². The van der Waals surface area contributed by atoms with Crippen LogP contribution in [0.25, 0.3) is 16.8 Å². The number of aromatic nitrogens is 4. The summed E-state index contributed by atoms with van der Waals surface area (Å²) in [4.78, 5) is 15.4. The summed E-state index contributed by atoms with van der Waals surface area (Å²) in [6.07, 6.45) is 5.45. The molecule has 162 valence electrons. The van der Waals surface area contributed by atoms with Crippen LogP contribution >= 0.6 is 0 Å². The van der Waals surface area contributed by atoms with Gasteiger partial charge in [0.1, 0.15) is 0 Å². The molecule has 1 saturated heterocycles. The Bertz CT molecular complexity index is 1390. The van der Waals surface area contributed by atoms with Crippen LogP contribution in [0.15, 0.2) is 42.7 Å². The minimum absolute atomic E-state index is 0.0586. The van der Waals surface area contributed by atoms with E-state index >= 15 is 0 Å². The zero-order valence-corrected chi connectivity index (χ0v) is 17.1. The van der Waals surface area contributed by atoms with Crippen LogP contribution in [0, 0.1) is 17.5 Å². The Hall–Kier alpha value is -3.62. The Balaban J connectivity index is 1.43.